The Kier molecular flexibility index (Phi) is 12.8. The summed E-state index contributed by atoms with van der Waals surface area (Å²) < 4.78 is 0. The fraction of sp³-hybridized carbons (Fsp3) is 0.800. The minimum Gasteiger partial charge on any atom is -0.480 e. The molecule has 0 unspecified atom stereocenters. The highest BCUT2D eigenvalue weighted by Crippen LogP contribution is 2.01. The molecule has 2 amide bonds. The first-order valence-corrected chi connectivity index (χ1v) is 11.0. The van der Waals surface area contributed by atoms with Crippen LogP contribution in [0.5, 0.6) is 0 Å². The van der Waals surface area contributed by atoms with Gasteiger partial charge in [0.2, 0.25) is 11.8 Å². The Labute approximate surface area is 189 Å². The number of aliphatic carboxylic acids is 2. The number of amides is 2. The average Bonchev–Trinajstić information content (AvgIpc) is 2.72. The fourth-order valence-corrected chi connectivity index (χ4v) is 3.52. The third-order valence-corrected chi connectivity index (χ3v) is 5.48. The van der Waals surface area contributed by atoms with Crippen LogP contribution >= 0.6 is 0 Å². The first-order valence-electron chi connectivity index (χ1n) is 11.0. The van der Waals surface area contributed by atoms with Crippen molar-refractivity contribution in [2.45, 2.75) is 19.9 Å². The number of carboxylic acid groups (broad SMARTS) is 2. The minimum absolute atomic E-state index is 0.0890. The van der Waals surface area contributed by atoms with Gasteiger partial charge in [-0.15, -0.1) is 0 Å². The van der Waals surface area contributed by atoms with Crippen LogP contribution in [-0.4, -0.2) is 145 Å². The standard InChI is InChI=1S/C20H38N6O6/c1-4-23-5-7-24(13-17(27)22-16(2)20(32)21-3)9-10-26(15-19(30)31)12-11-25(8-6-23)14-18(28)29/h16H,4-15H2,1-3H3,(H,21,32)(H,22,27)(H,28,29)(H,30,31)/t16-/m0/s1. The molecule has 0 spiro atoms. The van der Waals surface area contributed by atoms with Crippen LogP contribution in [0.3, 0.4) is 0 Å². The molecule has 1 aliphatic heterocycles. The Hall–Kier alpha value is -2.28. The Balaban J connectivity index is 2.85. The van der Waals surface area contributed by atoms with Crippen molar-refractivity contribution in [3.63, 3.8) is 0 Å². The highest BCUT2D eigenvalue weighted by Gasteiger charge is 2.21. The number of hydrogen-bond acceptors (Lipinski definition) is 8. The van der Waals surface area contributed by atoms with Gasteiger partial charge in [-0.1, -0.05) is 6.92 Å². The lowest BCUT2D eigenvalue weighted by Gasteiger charge is -2.33. The third-order valence-electron chi connectivity index (χ3n) is 5.48. The maximum Gasteiger partial charge on any atom is 0.317 e. The van der Waals surface area contributed by atoms with Gasteiger partial charge in [-0.3, -0.25) is 33.9 Å². The van der Waals surface area contributed by atoms with E-state index in [9.17, 15) is 29.4 Å². The molecule has 0 radical (unpaired) electrons. The summed E-state index contributed by atoms with van der Waals surface area (Å²) in [7, 11) is 1.51. The van der Waals surface area contributed by atoms with E-state index in [0.717, 1.165) is 6.54 Å². The molecule has 0 aromatic rings. The summed E-state index contributed by atoms with van der Waals surface area (Å²) in [5.74, 6) is -2.41. The van der Waals surface area contributed by atoms with Gasteiger partial charge in [-0.25, -0.2) is 0 Å². The normalized spacial score (nSPS) is 19.3. The molecular weight excluding hydrogens is 420 g/mol. The van der Waals surface area contributed by atoms with Gasteiger partial charge < -0.3 is 25.7 Å². The predicted molar refractivity (Wildman–Crippen MR) is 118 cm³/mol. The number of likely N-dealkylation sites (N-methyl/N-ethyl adjacent to an activating group) is 2. The second kappa shape index (κ2) is 14.7. The van der Waals surface area contributed by atoms with Gasteiger partial charge in [0, 0.05) is 59.4 Å². The summed E-state index contributed by atoms with van der Waals surface area (Å²) in [6.07, 6.45) is 0. The molecule has 0 saturated carbocycles. The molecule has 0 aliphatic carbocycles. The molecule has 1 heterocycles. The first kappa shape index (κ1) is 27.8. The predicted octanol–water partition coefficient (Wildman–Crippen LogP) is -2.35. The number of carboxylic acids is 2. The Bertz CT molecular complexity index is 634. The molecule has 12 heteroatoms. The maximum atomic E-state index is 12.5. The molecule has 1 rings (SSSR count). The Morgan fingerprint density at radius 2 is 1.12 bits per heavy atom. The molecule has 32 heavy (non-hydrogen) atoms. The highest BCUT2D eigenvalue weighted by atomic mass is 16.4. The summed E-state index contributed by atoms with van der Waals surface area (Å²) in [5.41, 5.74) is 0. The molecule has 1 fully saturated rings. The highest BCUT2D eigenvalue weighted by molar-refractivity contribution is 5.87. The van der Waals surface area contributed by atoms with Crippen molar-refractivity contribution in [1.82, 2.24) is 30.2 Å². The summed E-state index contributed by atoms with van der Waals surface area (Å²) >= 11 is 0. The van der Waals surface area contributed by atoms with Crippen LogP contribution < -0.4 is 10.6 Å². The van der Waals surface area contributed by atoms with Crippen LogP contribution in [0.1, 0.15) is 13.8 Å². The van der Waals surface area contributed by atoms with E-state index in [0.29, 0.717) is 52.4 Å². The zero-order valence-electron chi connectivity index (χ0n) is 19.4. The quantitative estimate of drug-likeness (QED) is 0.296. The molecule has 4 N–H and O–H groups in total. The van der Waals surface area contributed by atoms with Crippen LogP contribution in [-0.2, 0) is 19.2 Å². The SMILES string of the molecule is CCN1CCN(CC(=O)O)CCN(CC(=O)O)CCN(CC(=O)N[C@@H](C)C(=O)NC)CC1. The van der Waals surface area contributed by atoms with Gasteiger partial charge >= 0.3 is 11.9 Å². The van der Waals surface area contributed by atoms with Crippen LogP contribution in [0.25, 0.3) is 0 Å². The van der Waals surface area contributed by atoms with Crippen molar-refractivity contribution < 1.29 is 29.4 Å². The number of rotatable bonds is 9. The monoisotopic (exact) mass is 458 g/mol. The van der Waals surface area contributed by atoms with Gasteiger partial charge in [0.15, 0.2) is 0 Å². The van der Waals surface area contributed by atoms with E-state index < -0.39 is 18.0 Å². The van der Waals surface area contributed by atoms with Crippen molar-refractivity contribution in [3.05, 3.63) is 0 Å². The largest absolute Gasteiger partial charge is 0.480 e. The van der Waals surface area contributed by atoms with Gasteiger partial charge in [-0.05, 0) is 13.5 Å². The van der Waals surface area contributed by atoms with E-state index in [1.807, 2.05) is 16.7 Å². The van der Waals surface area contributed by atoms with Crippen LogP contribution in [0.15, 0.2) is 0 Å². The van der Waals surface area contributed by atoms with Crippen molar-refractivity contribution >= 4 is 23.8 Å². The molecule has 12 nitrogen and oxygen atoms in total. The smallest absolute Gasteiger partial charge is 0.317 e. The van der Waals surface area contributed by atoms with E-state index in [2.05, 4.69) is 15.5 Å². The van der Waals surface area contributed by atoms with E-state index in [4.69, 9.17) is 0 Å². The van der Waals surface area contributed by atoms with Gasteiger partial charge in [-0.2, -0.15) is 0 Å². The fourth-order valence-electron chi connectivity index (χ4n) is 3.52. The second-order valence-electron chi connectivity index (χ2n) is 7.95. The van der Waals surface area contributed by atoms with Crippen molar-refractivity contribution in [1.29, 1.82) is 0 Å². The van der Waals surface area contributed by atoms with Crippen molar-refractivity contribution in [2.24, 2.45) is 0 Å². The summed E-state index contributed by atoms with van der Waals surface area (Å²) in [6, 6.07) is -0.643. The van der Waals surface area contributed by atoms with Gasteiger partial charge in [0.1, 0.15) is 6.04 Å². The summed E-state index contributed by atoms with van der Waals surface area (Å²) in [4.78, 5) is 54.4. The number of carbonyl (C=O) groups excluding carboxylic acids is 2. The topological polar surface area (TPSA) is 146 Å². The lowest BCUT2D eigenvalue weighted by atomic mass is 10.3. The summed E-state index contributed by atoms with van der Waals surface area (Å²) in [6.45, 7) is 8.58. The lowest BCUT2D eigenvalue weighted by Crippen LogP contribution is -2.51. The molecule has 0 aromatic heterocycles. The Morgan fingerprint density at radius 3 is 1.47 bits per heavy atom. The van der Waals surface area contributed by atoms with Crippen molar-refractivity contribution in [3.8, 4) is 0 Å². The van der Waals surface area contributed by atoms with Gasteiger partial charge in [0.25, 0.3) is 0 Å². The van der Waals surface area contributed by atoms with E-state index in [-0.39, 0.29) is 31.4 Å². The molecular formula is C20H38N6O6. The third kappa shape index (κ3) is 11.4. The molecule has 1 aliphatic rings. The zero-order chi connectivity index (χ0) is 24.1. The van der Waals surface area contributed by atoms with Crippen LogP contribution in [0.2, 0.25) is 0 Å². The zero-order valence-corrected chi connectivity index (χ0v) is 19.4. The summed E-state index contributed by atoms with van der Waals surface area (Å²) in [5, 5.41) is 23.6. The van der Waals surface area contributed by atoms with E-state index in [1.54, 1.807) is 11.8 Å². The molecule has 0 aromatic carbocycles. The molecule has 1 saturated heterocycles. The molecule has 184 valence electrons. The maximum absolute atomic E-state index is 12.5. The van der Waals surface area contributed by atoms with Crippen LogP contribution in [0, 0.1) is 0 Å². The van der Waals surface area contributed by atoms with Crippen LogP contribution in [0.4, 0.5) is 0 Å². The lowest BCUT2D eigenvalue weighted by molar-refractivity contribution is -0.140. The number of hydrogen-bond donors (Lipinski definition) is 4. The number of carbonyl (C=O) groups is 4. The van der Waals surface area contributed by atoms with Crippen molar-refractivity contribution in [2.75, 3.05) is 85.6 Å². The number of nitrogens with zero attached hydrogens (tertiary/aromatic N) is 4. The van der Waals surface area contributed by atoms with E-state index >= 15 is 0 Å². The second-order valence-corrected chi connectivity index (χ2v) is 7.95. The van der Waals surface area contributed by atoms with E-state index in [1.165, 1.54) is 7.05 Å². The molecule has 1 atom stereocenters. The average molecular weight is 459 g/mol. The molecule has 0 bridgehead atoms. The minimum atomic E-state index is -0.956. The number of nitrogens with one attached hydrogen (secondary N) is 2. The first-order chi connectivity index (χ1) is 15.1. The Morgan fingerprint density at radius 1 is 0.750 bits per heavy atom. The van der Waals surface area contributed by atoms with Gasteiger partial charge in [0.05, 0.1) is 19.6 Å².